The first-order valence-corrected chi connectivity index (χ1v) is 8.59. The van der Waals surface area contributed by atoms with Crippen molar-refractivity contribution < 1.29 is 9.59 Å². The quantitative estimate of drug-likeness (QED) is 0.819. The lowest BCUT2D eigenvalue weighted by Crippen LogP contribution is -2.35. The second-order valence-corrected chi connectivity index (χ2v) is 7.11. The molecule has 2 aromatic rings. The van der Waals surface area contributed by atoms with Gasteiger partial charge in [0.05, 0.1) is 0 Å². The van der Waals surface area contributed by atoms with Crippen molar-refractivity contribution in [2.45, 2.75) is 40.5 Å². The van der Waals surface area contributed by atoms with Crippen LogP contribution in [0.15, 0.2) is 36.4 Å². The van der Waals surface area contributed by atoms with E-state index in [2.05, 4.69) is 10.6 Å². The first-order chi connectivity index (χ1) is 11.8. The van der Waals surface area contributed by atoms with Gasteiger partial charge >= 0.3 is 0 Å². The molecule has 0 aromatic heterocycles. The maximum Gasteiger partial charge on any atom is 0.240 e. The van der Waals surface area contributed by atoms with Crippen LogP contribution in [0.3, 0.4) is 0 Å². The zero-order chi connectivity index (χ0) is 18.2. The molecule has 4 heteroatoms. The molecule has 25 heavy (non-hydrogen) atoms. The molecule has 0 bridgehead atoms. The number of carbonyl (C=O) groups is 2. The first kappa shape index (κ1) is 17.2. The van der Waals surface area contributed by atoms with Gasteiger partial charge in [0.25, 0.3) is 0 Å². The molecular formula is C21H24N2O2. The molecule has 1 saturated carbocycles. The molecule has 0 aliphatic heterocycles. The van der Waals surface area contributed by atoms with Crippen molar-refractivity contribution in [2.75, 3.05) is 10.6 Å². The molecule has 0 radical (unpaired) electrons. The summed E-state index contributed by atoms with van der Waals surface area (Å²) in [4.78, 5) is 25.4. The molecule has 0 atom stereocenters. The Hall–Kier alpha value is -2.62. The molecule has 2 N–H and O–H groups in total. The molecule has 3 rings (SSSR count). The fourth-order valence-corrected chi connectivity index (χ4v) is 2.95. The van der Waals surface area contributed by atoms with Crippen molar-refractivity contribution >= 4 is 23.2 Å². The maximum atomic E-state index is 12.7. The SMILES string of the molecule is Cc1ccc(NC(=O)C2(C(=O)Nc3ccc(C)c(C)c3)CC2)c(C)c1. The lowest BCUT2D eigenvalue weighted by molar-refractivity contribution is -0.131. The van der Waals surface area contributed by atoms with Gasteiger partial charge in [-0.25, -0.2) is 0 Å². The van der Waals surface area contributed by atoms with E-state index in [1.54, 1.807) is 0 Å². The van der Waals surface area contributed by atoms with Crippen molar-refractivity contribution in [1.29, 1.82) is 0 Å². The van der Waals surface area contributed by atoms with Gasteiger partial charge in [0.15, 0.2) is 0 Å². The van der Waals surface area contributed by atoms with E-state index in [0.29, 0.717) is 12.8 Å². The smallest absolute Gasteiger partial charge is 0.240 e. The van der Waals surface area contributed by atoms with Crippen LogP contribution in [-0.2, 0) is 9.59 Å². The summed E-state index contributed by atoms with van der Waals surface area (Å²) < 4.78 is 0. The van der Waals surface area contributed by atoms with E-state index >= 15 is 0 Å². The molecule has 0 unspecified atom stereocenters. The number of nitrogens with one attached hydrogen (secondary N) is 2. The highest BCUT2D eigenvalue weighted by Crippen LogP contribution is 2.47. The number of carbonyl (C=O) groups excluding carboxylic acids is 2. The van der Waals surface area contributed by atoms with Crippen LogP contribution >= 0.6 is 0 Å². The summed E-state index contributed by atoms with van der Waals surface area (Å²) >= 11 is 0. The molecular weight excluding hydrogens is 312 g/mol. The summed E-state index contributed by atoms with van der Waals surface area (Å²) in [5.41, 5.74) is 4.98. The lowest BCUT2D eigenvalue weighted by atomic mass is 10.0. The van der Waals surface area contributed by atoms with Gasteiger partial charge in [0.2, 0.25) is 11.8 Å². The summed E-state index contributed by atoms with van der Waals surface area (Å²) in [6, 6.07) is 11.6. The maximum absolute atomic E-state index is 12.7. The van der Waals surface area contributed by atoms with Gasteiger partial charge in [-0.15, -0.1) is 0 Å². The first-order valence-electron chi connectivity index (χ1n) is 8.59. The Morgan fingerprint density at radius 3 is 2.08 bits per heavy atom. The van der Waals surface area contributed by atoms with Crippen molar-refractivity contribution in [3.63, 3.8) is 0 Å². The Kier molecular flexibility index (Phi) is 4.38. The molecule has 1 aliphatic carbocycles. The normalized spacial score (nSPS) is 14.7. The van der Waals surface area contributed by atoms with Gasteiger partial charge in [0.1, 0.15) is 5.41 Å². The summed E-state index contributed by atoms with van der Waals surface area (Å²) in [5.74, 6) is -0.446. The molecule has 0 heterocycles. The monoisotopic (exact) mass is 336 g/mol. The average molecular weight is 336 g/mol. The summed E-state index contributed by atoms with van der Waals surface area (Å²) in [5, 5.41) is 5.83. The van der Waals surface area contributed by atoms with Crippen LogP contribution in [0, 0.1) is 33.1 Å². The molecule has 2 amide bonds. The minimum Gasteiger partial charge on any atom is -0.325 e. The average Bonchev–Trinajstić information content (AvgIpc) is 3.35. The Morgan fingerprint density at radius 2 is 1.48 bits per heavy atom. The molecule has 2 aromatic carbocycles. The Labute approximate surface area is 148 Å². The van der Waals surface area contributed by atoms with Crippen LogP contribution in [0.2, 0.25) is 0 Å². The Bertz CT molecular complexity index is 851. The summed E-state index contributed by atoms with van der Waals surface area (Å²) in [7, 11) is 0. The molecule has 1 aliphatic rings. The van der Waals surface area contributed by atoms with E-state index in [4.69, 9.17) is 0 Å². The van der Waals surface area contributed by atoms with Gasteiger partial charge in [-0.1, -0.05) is 23.8 Å². The third kappa shape index (κ3) is 3.43. The molecule has 0 spiro atoms. The van der Waals surface area contributed by atoms with Crippen molar-refractivity contribution in [2.24, 2.45) is 5.41 Å². The zero-order valence-corrected chi connectivity index (χ0v) is 15.2. The predicted octanol–water partition coefficient (Wildman–Crippen LogP) is 4.28. The fourth-order valence-electron chi connectivity index (χ4n) is 2.95. The highest BCUT2D eigenvalue weighted by atomic mass is 16.2. The van der Waals surface area contributed by atoms with Crippen LogP contribution in [0.25, 0.3) is 0 Å². The van der Waals surface area contributed by atoms with Crippen LogP contribution in [0.5, 0.6) is 0 Å². The number of rotatable bonds is 4. The summed E-state index contributed by atoms with van der Waals surface area (Å²) in [6.45, 7) is 8.00. The summed E-state index contributed by atoms with van der Waals surface area (Å²) in [6.07, 6.45) is 1.17. The molecule has 4 nitrogen and oxygen atoms in total. The minimum absolute atomic E-state index is 0.221. The van der Waals surface area contributed by atoms with Gasteiger partial charge in [-0.3, -0.25) is 9.59 Å². The van der Waals surface area contributed by atoms with E-state index in [-0.39, 0.29) is 11.8 Å². The van der Waals surface area contributed by atoms with E-state index in [9.17, 15) is 9.59 Å². The van der Waals surface area contributed by atoms with Crippen molar-refractivity contribution in [3.05, 3.63) is 58.7 Å². The highest BCUT2D eigenvalue weighted by Gasteiger charge is 2.56. The number of benzene rings is 2. The van der Waals surface area contributed by atoms with Gasteiger partial charge in [-0.2, -0.15) is 0 Å². The van der Waals surface area contributed by atoms with E-state index in [1.165, 1.54) is 5.56 Å². The zero-order valence-electron chi connectivity index (χ0n) is 15.2. The van der Waals surface area contributed by atoms with Crippen LogP contribution in [-0.4, -0.2) is 11.8 Å². The van der Waals surface area contributed by atoms with E-state index < -0.39 is 5.41 Å². The molecule has 130 valence electrons. The Morgan fingerprint density at radius 1 is 0.800 bits per heavy atom. The number of aryl methyl sites for hydroxylation is 4. The molecule has 1 fully saturated rings. The second-order valence-electron chi connectivity index (χ2n) is 7.11. The largest absolute Gasteiger partial charge is 0.325 e. The number of hydrogen-bond acceptors (Lipinski definition) is 2. The number of amides is 2. The predicted molar refractivity (Wildman–Crippen MR) is 101 cm³/mol. The lowest BCUT2D eigenvalue weighted by Gasteiger charge is -2.17. The number of anilines is 2. The second kappa shape index (κ2) is 6.36. The Balaban J connectivity index is 1.73. The van der Waals surface area contributed by atoms with Crippen LogP contribution < -0.4 is 10.6 Å². The number of hydrogen-bond donors (Lipinski definition) is 2. The third-order valence-corrected chi connectivity index (χ3v) is 5.01. The van der Waals surface area contributed by atoms with Gasteiger partial charge in [-0.05, 0) is 75.4 Å². The van der Waals surface area contributed by atoms with E-state index in [1.807, 2.05) is 64.1 Å². The fraction of sp³-hybridized carbons (Fsp3) is 0.333. The highest BCUT2D eigenvalue weighted by molar-refractivity contribution is 6.17. The minimum atomic E-state index is -0.948. The van der Waals surface area contributed by atoms with E-state index in [0.717, 1.165) is 28.1 Å². The third-order valence-electron chi connectivity index (χ3n) is 5.01. The topological polar surface area (TPSA) is 58.2 Å². The van der Waals surface area contributed by atoms with Crippen LogP contribution in [0.4, 0.5) is 11.4 Å². The van der Waals surface area contributed by atoms with Crippen molar-refractivity contribution in [1.82, 2.24) is 0 Å². The van der Waals surface area contributed by atoms with Gasteiger partial charge < -0.3 is 10.6 Å². The molecule has 0 saturated heterocycles. The van der Waals surface area contributed by atoms with Crippen LogP contribution in [0.1, 0.15) is 35.1 Å². The van der Waals surface area contributed by atoms with Gasteiger partial charge in [0, 0.05) is 11.4 Å². The standard InChI is InChI=1S/C21H24N2O2/c1-13-5-8-18(16(4)11-13)23-20(25)21(9-10-21)19(24)22-17-7-6-14(2)15(3)12-17/h5-8,11-12H,9-10H2,1-4H3,(H,22,24)(H,23,25). The van der Waals surface area contributed by atoms with Crippen molar-refractivity contribution in [3.8, 4) is 0 Å².